The molecule has 1 aromatic rings. The first-order valence-corrected chi connectivity index (χ1v) is 5.63. The number of carboxylic acids is 1. The largest absolute Gasteiger partial charge is 0.478 e. The smallest absolute Gasteiger partial charge is 0.337 e. The quantitative estimate of drug-likeness (QED) is 0.859. The number of hydrogen-bond donors (Lipinski definition) is 2. The second-order valence-electron chi connectivity index (χ2n) is 4.68. The van der Waals surface area contributed by atoms with Crippen molar-refractivity contribution in [3.63, 3.8) is 0 Å². The number of carbonyl (C=O) groups excluding carboxylic acids is 1. The van der Waals surface area contributed by atoms with E-state index in [2.05, 4.69) is 5.32 Å². The fourth-order valence-electron chi connectivity index (χ4n) is 1.46. The Morgan fingerprint density at radius 2 is 2.05 bits per heavy atom. The van der Waals surface area contributed by atoms with Gasteiger partial charge in [0, 0.05) is 7.11 Å². The molecule has 19 heavy (non-hydrogen) atoms. The van der Waals surface area contributed by atoms with E-state index in [1.807, 2.05) is 0 Å². The Kier molecular flexibility index (Phi) is 4.61. The van der Waals surface area contributed by atoms with E-state index in [9.17, 15) is 14.0 Å². The summed E-state index contributed by atoms with van der Waals surface area (Å²) in [6, 6.07) is 3.11. The molecule has 0 aromatic heterocycles. The Morgan fingerprint density at radius 3 is 2.58 bits per heavy atom. The molecule has 6 heteroatoms. The van der Waals surface area contributed by atoms with Crippen molar-refractivity contribution in [2.24, 2.45) is 0 Å². The molecule has 104 valence electrons. The lowest BCUT2D eigenvalue weighted by Crippen LogP contribution is -2.29. The molecule has 0 atom stereocenters. The predicted molar refractivity (Wildman–Crippen MR) is 67.7 cm³/mol. The van der Waals surface area contributed by atoms with Gasteiger partial charge >= 0.3 is 5.97 Å². The molecule has 0 saturated heterocycles. The molecular weight excluding hydrogens is 253 g/mol. The normalized spacial score (nSPS) is 11.2. The predicted octanol–water partition coefficient (Wildman–Crippen LogP) is 2.28. The zero-order chi connectivity index (χ0) is 14.6. The summed E-state index contributed by atoms with van der Waals surface area (Å²) in [6.07, 6.45) is 0.0269. The number of hydrogen-bond acceptors (Lipinski definition) is 3. The lowest BCUT2D eigenvalue weighted by molar-refractivity contribution is -0.121. The summed E-state index contributed by atoms with van der Waals surface area (Å²) in [5, 5.41) is 11.3. The van der Waals surface area contributed by atoms with Gasteiger partial charge < -0.3 is 15.2 Å². The molecule has 0 aliphatic rings. The average molecular weight is 269 g/mol. The number of aromatic carboxylic acids is 1. The van der Waals surface area contributed by atoms with Gasteiger partial charge in [-0.2, -0.15) is 0 Å². The summed E-state index contributed by atoms with van der Waals surface area (Å²) >= 11 is 0. The Balaban J connectivity index is 2.90. The Labute approximate surface area is 110 Å². The molecule has 0 bridgehead atoms. The van der Waals surface area contributed by atoms with E-state index in [-0.39, 0.29) is 17.7 Å². The first-order chi connectivity index (χ1) is 8.75. The Hall–Kier alpha value is -1.95. The third kappa shape index (κ3) is 4.33. The van der Waals surface area contributed by atoms with Crippen molar-refractivity contribution < 1.29 is 23.8 Å². The van der Waals surface area contributed by atoms with Gasteiger partial charge in [0.05, 0.1) is 23.3 Å². The maximum Gasteiger partial charge on any atom is 0.337 e. The second kappa shape index (κ2) is 5.79. The van der Waals surface area contributed by atoms with Crippen LogP contribution in [0.5, 0.6) is 0 Å². The van der Waals surface area contributed by atoms with Crippen molar-refractivity contribution in [2.75, 3.05) is 12.4 Å². The SMILES string of the molecule is COC(C)(C)CC(=O)Nc1cc(F)ccc1C(=O)O. The molecule has 0 unspecified atom stereocenters. The standard InChI is InChI=1S/C13H16FNO4/c1-13(2,19-3)7-11(16)15-10-6-8(14)4-5-9(10)12(17)18/h4-6H,7H2,1-3H3,(H,15,16)(H,17,18). The molecule has 0 aliphatic heterocycles. The van der Waals surface area contributed by atoms with E-state index in [1.54, 1.807) is 13.8 Å². The number of carboxylic acid groups (broad SMARTS) is 1. The molecule has 0 fully saturated rings. The first-order valence-electron chi connectivity index (χ1n) is 5.63. The lowest BCUT2D eigenvalue weighted by atomic mass is 10.0. The van der Waals surface area contributed by atoms with Crippen LogP contribution < -0.4 is 5.32 Å². The maximum atomic E-state index is 13.1. The minimum atomic E-state index is -1.23. The minimum Gasteiger partial charge on any atom is -0.478 e. The van der Waals surface area contributed by atoms with E-state index < -0.39 is 23.3 Å². The van der Waals surface area contributed by atoms with Crippen LogP contribution >= 0.6 is 0 Å². The van der Waals surface area contributed by atoms with Crippen LogP contribution in [0, 0.1) is 5.82 Å². The van der Waals surface area contributed by atoms with Gasteiger partial charge in [-0.05, 0) is 32.0 Å². The molecule has 1 aromatic carbocycles. The van der Waals surface area contributed by atoms with E-state index in [4.69, 9.17) is 9.84 Å². The number of anilines is 1. The van der Waals surface area contributed by atoms with E-state index in [0.29, 0.717) is 0 Å². The summed E-state index contributed by atoms with van der Waals surface area (Å²) in [4.78, 5) is 22.7. The van der Waals surface area contributed by atoms with Crippen LogP contribution in [-0.4, -0.2) is 29.7 Å². The number of nitrogens with one attached hydrogen (secondary N) is 1. The molecule has 5 nitrogen and oxygen atoms in total. The number of carbonyl (C=O) groups is 2. The van der Waals surface area contributed by atoms with Gasteiger partial charge in [0.25, 0.3) is 0 Å². The van der Waals surface area contributed by atoms with Gasteiger partial charge in [-0.25, -0.2) is 9.18 Å². The highest BCUT2D eigenvalue weighted by Crippen LogP contribution is 2.19. The van der Waals surface area contributed by atoms with E-state index in [0.717, 1.165) is 18.2 Å². The number of rotatable bonds is 5. The Bertz CT molecular complexity index is 499. The summed E-state index contributed by atoms with van der Waals surface area (Å²) in [7, 11) is 1.47. The zero-order valence-corrected chi connectivity index (χ0v) is 11.0. The third-order valence-corrected chi connectivity index (χ3v) is 2.62. The molecule has 0 radical (unpaired) electrons. The highest BCUT2D eigenvalue weighted by molar-refractivity contribution is 6.00. The highest BCUT2D eigenvalue weighted by Gasteiger charge is 2.22. The molecule has 2 N–H and O–H groups in total. The molecule has 0 aliphatic carbocycles. The van der Waals surface area contributed by atoms with Gasteiger partial charge in [-0.15, -0.1) is 0 Å². The van der Waals surface area contributed by atoms with Gasteiger partial charge in [0.15, 0.2) is 0 Å². The zero-order valence-electron chi connectivity index (χ0n) is 11.0. The number of amides is 1. The van der Waals surface area contributed by atoms with Crippen LogP contribution in [0.1, 0.15) is 30.6 Å². The highest BCUT2D eigenvalue weighted by atomic mass is 19.1. The molecular formula is C13H16FNO4. The Morgan fingerprint density at radius 1 is 1.42 bits per heavy atom. The lowest BCUT2D eigenvalue weighted by Gasteiger charge is -2.22. The average Bonchev–Trinajstić information content (AvgIpc) is 2.27. The number of halogens is 1. The first kappa shape index (κ1) is 15.1. The van der Waals surface area contributed by atoms with Crippen molar-refractivity contribution in [3.05, 3.63) is 29.6 Å². The fraction of sp³-hybridized carbons (Fsp3) is 0.385. The molecule has 1 amide bonds. The topological polar surface area (TPSA) is 75.6 Å². The fourth-order valence-corrected chi connectivity index (χ4v) is 1.46. The van der Waals surface area contributed by atoms with Crippen LogP contribution in [0.3, 0.4) is 0 Å². The van der Waals surface area contributed by atoms with Crippen molar-refractivity contribution >= 4 is 17.6 Å². The molecule has 0 heterocycles. The monoisotopic (exact) mass is 269 g/mol. The number of ether oxygens (including phenoxy) is 1. The summed E-state index contributed by atoms with van der Waals surface area (Å²) < 4.78 is 18.2. The van der Waals surface area contributed by atoms with Gasteiger partial charge in [-0.3, -0.25) is 4.79 Å². The van der Waals surface area contributed by atoms with Crippen molar-refractivity contribution in [3.8, 4) is 0 Å². The van der Waals surface area contributed by atoms with Crippen LogP contribution in [0.25, 0.3) is 0 Å². The van der Waals surface area contributed by atoms with Crippen molar-refractivity contribution in [1.82, 2.24) is 0 Å². The van der Waals surface area contributed by atoms with E-state index in [1.165, 1.54) is 7.11 Å². The van der Waals surface area contributed by atoms with E-state index >= 15 is 0 Å². The van der Waals surface area contributed by atoms with Crippen LogP contribution in [-0.2, 0) is 9.53 Å². The molecule has 0 saturated carbocycles. The molecule has 1 rings (SSSR count). The van der Waals surface area contributed by atoms with Crippen molar-refractivity contribution in [1.29, 1.82) is 0 Å². The number of benzene rings is 1. The van der Waals surface area contributed by atoms with Gasteiger partial charge in [0.2, 0.25) is 5.91 Å². The minimum absolute atomic E-state index is 0.0269. The van der Waals surface area contributed by atoms with Crippen LogP contribution in [0.2, 0.25) is 0 Å². The number of methoxy groups -OCH3 is 1. The summed E-state index contributed by atoms with van der Waals surface area (Å²) in [5.41, 5.74) is -0.907. The second-order valence-corrected chi connectivity index (χ2v) is 4.68. The van der Waals surface area contributed by atoms with Crippen LogP contribution in [0.15, 0.2) is 18.2 Å². The van der Waals surface area contributed by atoms with Gasteiger partial charge in [0.1, 0.15) is 5.82 Å². The maximum absolute atomic E-state index is 13.1. The summed E-state index contributed by atoms with van der Waals surface area (Å²) in [6.45, 7) is 3.44. The van der Waals surface area contributed by atoms with Crippen molar-refractivity contribution in [2.45, 2.75) is 25.9 Å². The van der Waals surface area contributed by atoms with Gasteiger partial charge in [-0.1, -0.05) is 0 Å². The molecule has 0 spiro atoms. The van der Waals surface area contributed by atoms with Crippen LogP contribution in [0.4, 0.5) is 10.1 Å². The third-order valence-electron chi connectivity index (χ3n) is 2.62. The summed E-state index contributed by atoms with van der Waals surface area (Å²) in [5.74, 6) is -2.30.